The first-order valence-electron chi connectivity index (χ1n) is 10.5. The molecule has 0 spiro atoms. The van der Waals surface area contributed by atoms with Crippen LogP contribution in [-0.2, 0) is 0 Å². The average Bonchev–Trinajstić information content (AvgIpc) is 2.67. The molecule has 0 saturated carbocycles. The smallest absolute Gasteiger partial charge is 1.00 e. The van der Waals surface area contributed by atoms with E-state index in [1.165, 1.54) is 21.9 Å². The first kappa shape index (κ1) is 31.4. The Bertz CT molecular complexity index is 1040. The Hall–Kier alpha value is -1.65. The summed E-state index contributed by atoms with van der Waals surface area (Å²) in [4.78, 5) is 8.91. The maximum Gasteiger partial charge on any atom is 2.00 e. The van der Waals surface area contributed by atoms with Crippen LogP contribution in [0, 0.1) is 12.1 Å². The molecule has 172 valence electrons. The van der Waals surface area contributed by atoms with Crippen LogP contribution in [0.25, 0.3) is 21.8 Å². The van der Waals surface area contributed by atoms with Crippen molar-refractivity contribution in [2.24, 2.45) is 0 Å². The normalized spacial score (nSPS) is 10.8. The standard InChI is InChI=1S/2C13H16NSi.2FH.Sn/c2*1-15(2,3)10-12-7-4-6-11-8-5-9-14-13(11)12;;;/h2*4-10H,1-3H3;2*1H;/q;;;;+2/p-2. The Morgan fingerprint density at radius 2 is 0.879 bits per heavy atom. The number of pyridine rings is 2. The zero-order chi connectivity index (χ0) is 21.8. The Balaban J connectivity index is 0.000000569. The summed E-state index contributed by atoms with van der Waals surface area (Å²) in [5, 5.41) is 2.45. The van der Waals surface area contributed by atoms with Crippen molar-refractivity contribution in [2.45, 2.75) is 39.3 Å². The summed E-state index contributed by atoms with van der Waals surface area (Å²) < 4.78 is 0. The Labute approximate surface area is 216 Å². The van der Waals surface area contributed by atoms with Crippen molar-refractivity contribution in [1.82, 2.24) is 9.97 Å². The molecule has 0 aliphatic rings. The maximum absolute atomic E-state index is 4.46. The van der Waals surface area contributed by atoms with E-state index >= 15 is 0 Å². The van der Waals surface area contributed by atoms with Gasteiger partial charge in [-0.15, -0.1) is 0 Å². The van der Waals surface area contributed by atoms with Crippen molar-refractivity contribution in [2.75, 3.05) is 0 Å². The van der Waals surface area contributed by atoms with Gasteiger partial charge in [0.1, 0.15) is 0 Å². The van der Waals surface area contributed by atoms with E-state index in [0.717, 1.165) is 11.0 Å². The molecule has 2 heterocycles. The van der Waals surface area contributed by atoms with E-state index in [4.69, 9.17) is 0 Å². The molecule has 7 heteroatoms. The average molecular weight is 585 g/mol. The van der Waals surface area contributed by atoms with E-state index in [2.05, 4.69) is 110 Å². The molecular formula is C26H32F2N2Si2Sn. The number of rotatable bonds is 4. The molecule has 0 atom stereocenters. The van der Waals surface area contributed by atoms with Crippen LogP contribution in [0.2, 0.25) is 39.3 Å². The van der Waals surface area contributed by atoms with Gasteiger partial charge >= 0.3 is 23.9 Å². The Morgan fingerprint density at radius 1 is 0.545 bits per heavy atom. The van der Waals surface area contributed by atoms with Crippen molar-refractivity contribution in [3.05, 3.63) is 96.3 Å². The first-order chi connectivity index (χ1) is 14.1. The monoisotopic (exact) mass is 586 g/mol. The second-order valence-electron chi connectivity index (χ2n) is 9.87. The van der Waals surface area contributed by atoms with Gasteiger partial charge in [-0.1, -0.05) is 87.8 Å². The molecule has 0 fully saturated rings. The molecule has 2 aromatic carbocycles. The molecule has 2 nitrogen and oxygen atoms in total. The molecule has 0 aliphatic carbocycles. The van der Waals surface area contributed by atoms with Gasteiger partial charge in [-0.2, -0.15) is 0 Å². The van der Waals surface area contributed by atoms with Crippen molar-refractivity contribution >= 4 is 61.9 Å². The molecule has 33 heavy (non-hydrogen) atoms. The van der Waals surface area contributed by atoms with Gasteiger partial charge in [-0.05, 0) is 35.3 Å². The maximum atomic E-state index is 4.46. The molecule has 0 amide bonds. The van der Waals surface area contributed by atoms with Crippen LogP contribution in [0.1, 0.15) is 11.1 Å². The van der Waals surface area contributed by atoms with Gasteiger partial charge in [0.25, 0.3) is 0 Å². The van der Waals surface area contributed by atoms with Crippen LogP contribution in [0.3, 0.4) is 0 Å². The largest absolute Gasteiger partial charge is 2.00 e. The summed E-state index contributed by atoms with van der Waals surface area (Å²) in [6.45, 7) is 14.1. The molecule has 0 N–H and O–H groups in total. The molecule has 4 rings (SSSR count). The minimum Gasteiger partial charge on any atom is -1.00 e. The third-order valence-corrected chi connectivity index (χ3v) is 6.86. The fourth-order valence-electron chi connectivity index (χ4n) is 3.42. The second kappa shape index (κ2) is 13.3. The summed E-state index contributed by atoms with van der Waals surface area (Å²) >= 11 is 0. The van der Waals surface area contributed by atoms with E-state index in [1.54, 1.807) is 0 Å². The fraction of sp³-hybridized carbons (Fsp3) is 0.231. The van der Waals surface area contributed by atoms with Gasteiger partial charge in [0.05, 0.1) is 27.2 Å². The summed E-state index contributed by atoms with van der Waals surface area (Å²) in [6.07, 6.45) is 3.73. The van der Waals surface area contributed by atoms with E-state index in [-0.39, 0.29) is 33.3 Å². The molecule has 0 bridgehead atoms. The van der Waals surface area contributed by atoms with Gasteiger partial charge in [0, 0.05) is 23.2 Å². The predicted molar refractivity (Wildman–Crippen MR) is 143 cm³/mol. The van der Waals surface area contributed by atoms with E-state index < -0.39 is 16.1 Å². The Morgan fingerprint density at radius 3 is 1.21 bits per heavy atom. The summed E-state index contributed by atoms with van der Waals surface area (Å²) in [5.41, 5.74) is 4.82. The number of benzene rings is 2. The number of fused-ring (bicyclic) bond motifs is 2. The van der Waals surface area contributed by atoms with Crippen molar-refractivity contribution in [3.63, 3.8) is 0 Å². The molecule has 0 saturated heterocycles. The van der Waals surface area contributed by atoms with Crippen molar-refractivity contribution in [3.8, 4) is 0 Å². The molecule has 2 aromatic heterocycles. The van der Waals surface area contributed by atoms with Crippen LogP contribution >= 0.6 is 0 Å². The van der Waals surface area contributed by atoms with Crippen molar-refractivity contribution < 1.29 is 9.41 Å². The minimum absolute atomic E-state index is 0. The number of hydrogen-bond donors (Lipinski definition) is 0. The number of para-hydroxylation sites is 2. The SMILES string of the molecule is C[Si](C)(C)[CH]c1cccc2cccnc12.C[Si](C)(C)[CH]c1cccc2cccnc12.[F-].[F-].[Sn+2]. The second-order valence-corrected chi connectivity index (χ2v) is 19.9. The van der Waals surface area contributed by atoms with E-state index in [0.29, 0.717) is 0 Å². The molecule has 0 aliphatic heterocycles. The quantitative estimate of drug-likeness (QED) is 0.334. The Kier molecular flexibility index (Phi) is 12.6. The van der Waals surface area contributed by atoms with E-state index in [9.17, 15) is 0 Å². The third-order valence-electron chi connectivity index (χ3n) is 4.50. The van der Waals surface area contributed by atoms with Crippen LogP contribution in [0.5, 0.6) is 0 Å². The van der Waals surface area contributed by atoms with Crippen LogP contribution in [0.15, 0.2) is 73.1 Å². The number of nitrogens with zero attached hydrogens (tertiary/aromatic N) is 2. The number of hydrogen-bond acceptors (Lipinski definition) is 2. The van der Waals surface area contributed by atoms with Gasteiger partial charge < -0.3 is 9.41 Å². The predicted octanol–water partition coefficient (Wildman–Crippen LogP) is 0.956. The van der Waals surface area contributed by atoms with Crippen LogP contribution in [-0.4, -0.2) is 50.0 Å². The van der Waals surface area contributed by atoms with Gasteiger partial charge in [-0.3, -0.25) is 9.97 Å². The fourth-order valence-corrected chi connectivity index (χ4v) is 5.75. The van der Waals surface area contributed by atoms with Crippen molar-refractivity contribution in [1.29, 1.82) is 0 Å². The molecular weight excluding hydrogens is 553 g/mol. The molecule has 4 radical (unpaired) electrons. The minimum atomic E-state index is -1.18. The molecule has 0 unspecified atom stereocenters. The van der Waals surface area contributed by atoms with Gasteiger partial charge in [0.15, 0.2) is 0 Å². The van der Waals surface area contributed by atoms with Gasteiger partial charge in [-0.25, -0.2) is 0 Å². The topological polar surface area (TPSA) is 25.8 Å². The summed E-state index contributed by atoms with van der Waals surface area (Å²) in [7, 11) is -2.36. The van der Waals surface area contributed by atoms with Crippen LogP contribution < -0.4 is 9.41 Å². The summed E-state index contributed by atoms with van der Waals surface area (Å²) in [5.74, 6) is 0. The van der Waals surface area contributed by atoms with Crippen LogP contribution in [0.4, 0.5) is 0 Å². The first-order valence-corrected chi connectivity index (χ1v) is 17.7. The zero-order valence-electron chi connectivity index (χ0n) is 20.2. The third kappa shape index (κ3) is 9.62. The zero-order valence-corrected chi connectivity index (χ0v) is 25.1. The van der Waals surface area contributed by atoms with Gasteiger partial charge in [0.2, 0.25) is 0 Å². The molecule has 4 aromatic rings. The number of aromatic nitrogens is 2. The summed E-state index contributed by atoms with van der Waals surface area (Å²) in [6, 6.07) is 25.8. The number of halogens is 2. The van der Waals surface area contributed by atoms with E-state index in [1.807, 2.05) is 24.5 Å².